The van der Waals surface area contributed by atoms with Gasteiger partial charge in [-0.15, -0.1) is 10.2 Å². The molecule has 1 heterocycles. The molecule has 0 unspecified atom stereocenters. The second-order valence-corrected chi connectivity index (χ2v) is 6.39. The highest BCUT2D eigenvalue weighted by Crippen LogP contribution is 2.36. The average Bonchev–Trinajstić information content (AvgIpc) is 3.10. The van der Waals surface area contributed by atoms with Crippen LogP contribution in [-0.4, -0.2) is 26.1 Å². The van der Waals surface area contributed by atoms with Crippen LogP contribution in [0.1, 0.15) is 11.1 Å². The number of hydrogen-bond acceptors (Lipinski definition) is 4. The van der Waals surface area contributed by atoms with Crippen molar-refractivity contribution in [1.82, 2.24) is 20.2 Å². The molecule has 13 heteroatoms. The first-order valence-corrected chi connectivity index (χ1v) is 8.43. The number of carbonyl (C=O) groups is 1. The van der Waals surface area contributed by atoms with Crippen LogP contribution in [0.25, 0.3) is 11.4 Å². The van der Waals surface area contributed by atoms with Crippen molar-refractivity contribution in [1.29, 1.82) is 0 Å². The van der Waals surface area contributed by atoms with Crippen LogP contribution >= 0.6 is 11.6 Å². The van der Waals surface area contributed by atoms with Gasteiger partial charge in [-0.3, -0.25) is 4.79 Å². The Morgan fingerprint density at radius 1 is 1.03 bits per heavy atom. The minimum absolute atomic E-state index is 0.00791. The lowest BCUT2D eigenvalue weighted by Gasteiger charge is -2.13. The number of tetrazole rings is 1. The minimum Gasteiger partial charge on any atom is -0.324 e. The first-order chi connectivity index (χ1) is 13.9. The maximum Gasteiger partial charge on any atom is 0.418 e. The van der Waals surface area contributed by atoms with Crippen molar-refractivity contribution in [2.45, 2.75) is 18.9 Å². The van der Waals surface area contributed by atoms with E-state index in [0.717, 1.165) is 29.1 Å². The van der Waals surface area contributed by atoms with E-state index in [0.29, 0.717) is 6.07 Å². The second kappa shape index (κ2) is 7.94. The average molecular weight is 450 g/mol. The van der Waals surface area contributed by atoms with E-state index in [9.17, 15) is 31.1 Å². The molecule has 1 amide bonds. The third kappa shape index (κ3) is 5.06. The van der Waals surface area contributed by atoms with Crippen LogP contribution in [0.4, 0.5) is 32.0 Å². The predicted molar refractivity (Wildman–Crippen MR) is 93.3 cm³/mol. The molecule has 6 nitrogen and oxygen atoms in total. The van der Waals surface area contributed by atoms with Gasteiger partial charge in [0.1, 0.15) is 6.54 Å². The zero-order valence-corrected chi connectivity index (χ0v) is 15.3. The number of aromatic nitrogens is 4. The summed E-state index contributed by atoms with van der Waals surface area (Å²) in [4.78, 5) is 12.8. The number of nitrogens with zero attached hydrogens (tertiary/aromatic N) is 4. The van der Waals surface area contributed by atoms with Crippen molar-refractivity contribution in [2.75, 3.05) is 5.32 Å². The van der Waals surface area contributed by atoms with Crippen LogP contribution in [0.15, 0.2) is 42.5 Å². The molecule has 0 radical (unpaired) electrons. The Balaban J connectivity index is 1.75. The summed E-state index contributed by atoms with van der Waals surface area (Å²) in [6.07, 6.45) is -9.32. The molecule has 2 aromatic carbocycles. The molecule has 1 N–H and O–H groups in total. The number of rotatable bonds is 4. The van der Waals surface area contributed by atoms with E-state index in [-0.39, 0.29) is 16.4 Å². The van der Waals surface area contributed by atoms with Crippen molar-refractivity contribution in [2.24, 2.45) is 0 Å². The van der Waals surface area contributed by atoms with E-state index in [2.05, 4.69) is 20.7 Å². The van der Waals surface area contributed by atoms with Gasteiger partial charge in [-0.25, -0.2) is 0 Å². The summed E-state index contributed by atoms with van der Waals surface area (Å²) in [5.41, 5.74) is -2.57. The molecule has 30 heavy (non-hydrogen) atoms. The van der Waals surface area contributed by atoms with Crippen molar-refractivity contribution >= 4 is 23.2 Å². The molecular weight excluding hydrogens is 440 g/mol. The van der Waals surface area contributed by atoms with Crippen LogP contribution in [0, 0.1) is 0 Å². The summed E-state index contributed by atoms with van der Waals surface area (Å²) in [6, 6.07) is 6.98. The third-order valence-corrected chi connectivity index (χ3v) is 3.98. The summed E-state index contributed by atoms with van der Waals surface area (Å²) in [7, 11) is 0. The van der Waals surface area contributed by atoms with Crippen molar-refractivity contribution in [3.63, 3.8) is 0 Å². The molecule has 0 atom stereocenters. The van der Waals surface area contributed by atoms with Gasteiger partial charge in [-0.2, -0.15) is 31.1 Å². The number of benzene rings is 2. The molecule has 0 aliphatic rings. The lowest BCUT2D eigenvalue weighted by Crippen LogP contribution is -2.22. The normalized spacial score (nSPS) is 12.1. The van der Waals surface area contributed by atoms with Crippen molar-refractivity contribution in [3.05, 3.63) is 58.6 Å². The van der Waals surface area contributed by atoms with E-state index < -0.39 is 41.6 Å². The second-order valence-electron chi connectivity index (χ2n) is 5.96. The molecule has 0 saturated heterocycles. The molecule has 1 aromatic heterocycles. The van der Waals surface area contributed by atoms with Crippen LogP contribution in [0.3, 0.4) is 0 Å². The summed E-state index contributed by atoms with van der Waals surface area (Å²) in [5, 5.41) is 12.8. The van der Waals surface area contributed by atoms with Gasteiger partial charge >= 0.3 is 12.4 Å². The Kier molecular flexibility index (Phi) is 5.70. The maximum atomic E-state index is 13.1. The number of alkyl halides is 6. The fraction of sp³-hybridized carbons (Fsp3) is 0.176. The van der Waals surface area contributed by atoms with E-state index in [1.807, 2.05) is 0 Å². The summed E-state index contributed by atoms with van der Waals surface area (Å²) < 4.78 is 77.7. The molecule has 158 valence electrons. The zero-order chi connectivity index (χ0) is 22.1. The first-order valence-electron chi connectivity index (χ1n) is 8.05. The number of hydrogen-bond donors (Lipinski definition) is 1. The van der Waals surface area contributed by atoms with Gasteiger partial charge in [0.15, 0.2) is 0 Å². The van der Waals surface area contributed by atoms with Gasteiger partial charge in [0, 0.05) is 10.6 Å². The largest absolute Gasteiger partial charge is 0.418 e. The molecule has 0 saturated carbocycles. The highest BCUT2D eigenvalue weighted by atomic mass is 35.5. The highest BCUT2D eigenvalue weighted by Gasteiger charge is 2.34. The molecule has 3 aromatic rings. The van der Waals surface area contributed by atoms with E-state index in [1.165, 1.54) is 12.1 Å². The van der Waals surface area contributed by atoms with E-state index >= 15 is 0 Å². The molecule has 0 aliphatic heterocycles. The fourth-order valence-electron chi connectivity index (χ4n) is 2.44. The van der Waals surface area contributed by atoms with Crippen LogP contribution < -0.4 is 5.32 Å². The molecule has 3 rings (SSSR count). The van der Waals surface area contributed by atoms with Crippen LogP contribution in [0.5, 0.6) is 0 Å². The van der Waals surface area contributed by atoms with Gasteiger partial charge in [0.05, 0.1) is 16.8 Å². The SMILES string of the molecule is O=C(Cn1nnc(-c2cccc(C(F)(F)F)c2)n1)Nc1ccc(Cl)cc1C(F)(F)F. The molecule has 0 bridgehead atoms. The number of anilines is 1. The highest BCUT2D eigenvalue weighted by molar-refractivity contribution is 6.30. The number of carbonyl (C=O) groups excluding carboxylic acids is 1. The third-order valence-electron chi connectivity index (χ3n) is 3.75. The number of halogens is 7. The summed E-state index contributed by atoms with van der Waals surface area (Å²) in [6.45, 7) is -0.619. The summed E-state index contributed by atoms with van der Waals surface area (Å²) >= 11 is 5.57. The minimum atomic E-state index is -4.75. The van der Waals surface area contributed by atoms with Gasteiger partial charge in [0.25, 0.3) is 0 Å². The Hall–Kier alpha value is -3.15. The first kappa shape index (κ1) is 21.6. The van der Waals surface area contributed by atoms with Gasteiger partial charge in [-0.05, 0) is 35.5 Å². The van der Waals surface area contributed by atoms with Crippen LogP contribution in [0.2, 0.25) is 5.02 Å². The molecule has 0 aliphatic carbocycles. The Morgan fingerprint density at radius 3 is 2.43 bits per heavy atom. The summed E-state index contributed by atoms with van der Waals surface area (Å²) in [5.74, 6) is -1.09. The molecule has 0 fully saturated rings. The Morgan fingerprint density at radius 2 is 1.77 bits per heavy atom. The van der Waals surface area contributed by atoms with Crippen molar-refractivity contribution in [3.8, 4) is 11.4 Å². The predicted octanol–water partition coefficient (Wildman–Crippen LogP) is 4.67. The quantitative estimate of drug-likeness (QED) is 0.588. The Labute approximate surface area is 169 Å². The van der Waals surface area contributed by atoms with Gasteiger partial charge < -0.3 is 5.32 Å². The topological polar surface area (TPSA) is 72.7 Å². The lowest BCUT2D eigenvalue weighted by molar-refractivity contribution is -0.138. The standard InChI is InChI=1S/C17H10ClF6N5O/c18-11-4-5-13(12(7-11)17(22,23)24)25-14(30)8-29-27-15(26-28-29)9-2-1-3-10(6-9)16(19,20)21/h1-7H,8H2,(H,25,30). The van der Waals surface area contributed by atoms with Crippen molar-refractivity contribution < 1.29 is 31.1 Å². The lowest BCUT2D eigenvalue weighted by atomic mass is 10.1. The van der Waals surface area contributed by atoms with E-state index in [1.54, 1.807) is 0 Å². The fourth-order valence-corrected chi connectivity index (χ4v) is 2.61. The smallest absolute Gasteiger partial charge is 0.324 e. The molecular formula is C17H10ClF6N5O. The zero-order valence-electron chi connectivity index (χ0n) is 14.6. The maximum absolute atomic E-state index is 13.1. The van der Waals surface area contributed by atoms with Crippen LogP contribution in [-0.2, 0) is 23.7 Å². The van der Waals surface area contributed by atoms with Gasteiger partial charge in [0.2, 0.25) is 11.7 Å². The Bertz CT molecular complexity index is 1080. The number of amides is 1. The van der Waals surface area contributed by atoms with E-state index in [4.69, 9.17) is 11.6 Å². The number of nitrogens with one attached hydrogen (secondary N) is 1. The van der Waals surface area contributed by atoms with Gasteiger partial charge in [-0.1, -0.05) is 23.7 Å². The monoisotopic (exact) mass is 449 g/mol. The molecule has 0 spiro atoms.